The monoisotopic (exact) mass is 359 g/mol. The van der Waals surface area contributed by atoms with E-state index in [1.807, 2.05) is 5.32 Å². The van der Waals surface area contributed by atoms with Gasteiger partial charge < -0.3 is 35.6 Å². The Kier molecular flexibility index (Phi) is 6.50. The summed E-state index contributed by atoms with van der Waals surface area (Å²) in [4.78, 5) is 33.0. The van der Waals surface area contributed by atoms with E-state index in [2.05, 4.69) is 0 Å². The number of nitro benzene ring substituents is 1. The van der Waals surface area contributed by atoms with Gasteiger partial charge >= 0.3 is 0 Å². The molecule has 0 radical (unpaired) electrons. The van der Waals surface area contributed by atoms with Gasteiger partial charge in [-0.1, -0.05) is 0 Å². The van der Waals surface area contributed by atoms with Crippen LogP contribution in [0.15, 0.2) is 24.3 Å². The molecule has 0 bridgehead atoms. The Hall–Kier alpha value is -2.44. The zero-order valence-electron chi connectivity index (χ0n) is 13.8. The number of nitrogens with zero attached hydrogens (tertiary/aromatic N) is 1. The second-order valence-corrected chi connectivity index (χ2v) is 5.08. The lowest BCUT2D eigenvalue weighted by Gasteiger charge is -2.35. The molecule has 6 N–H and O–H groups in total. The predicted molar refractivity (Wildman–Crippen MR) is 81.2 cm³/mol. The van der Waals surface area contributed by atoms with Crippen LogP contribution in [0.5, 0.6) is 0 Å². The minimum atomic E-state index is -2.94. The quantitative estimate of drug-likeness (QED) is 0.153. The molecular weight excluding hydrogens is 340 g/mol. The first-order valence-electron chi connectivity index (χ1n) is 7.45. The third-order valence-corrected chi connectivity index (χ3v) is 3.52. The molecule has 0 saturated carbocycles. The highest BCUT2D eigenvalue weighted by molar-refractivity contribution is 5.88. The van der Waals surface area contributed by atoms with Crippen LogP contribution in [0.2, 0.25) is 0 Å². The molecule has 1 amide bonds. The van der Waals surface area contributed by atoms with Crippen LogP contribution < -0.4 is 5.32 Å². The van der Waals surface area contributed by atoms with Gasteiger partial charge in [-0.05, 0) is 17.7 Å². The summed E-state index contributed by atoms with van der Waals surface area (Å²) in [6, 6.07) is 3.71. The number of hydrogen-bond donors (Lipinski definition) is 6. The number of aliphatic hydroxyl groups excluding tert-OH is 4. The highest BCUT2D eigenvalue weighted by atomic mass is 16.6. The number of hydrogen-bond acceptors (Lipinski definition) is 9. The van der Waals surface area contributed by atoms with Gasteiger partial charge in [-0.3, -0.25) is 14.9 Å². The Morgan fingerprint density at radius 3 is 2.36 bits per heavy atom. The first kappa shape index (κ1) is 18.9. The second kappa shape index (κ2) is 8.60. The van der Waals surface area contributed by atoms with Gasteiger partial charge in [0.05, 0.1) is 18.1 Å². The van der Waals surface area contributed by atoms with E-state index >= 15 is 0 Å². The average molecular weight is 359 g/mol. The third kappa shape index (κ3) is 4.35. The lowest BCUT2D eigenvalue weighted by molar-refractivity contribution is -0.384. The molecule has 0 aliphatic carbocycles. The zero-order valence-corrected chi connectivity index (χ0v) is 12.8. The molecule has 11 heteroatoms. The Bertz CT molecular complexity index is 669. The minimum absolute atomic E-state index is 0.386. The predicted octanol–water partition coefficient (Wildman–Crippen LogP) is -2.83. The van der Waals surface area contributed by atoms with E-state index < -0.39 is 59.7 Å². The number of aliphatic hydroxyl groups is 5. The molecule has 0 unspecified atom stereocenters. The number of non-ortho nitro benzene ring substituents is 1. The highest BCUT2D eigenvalue weighted by Crippen LogP contribution is 2.30. The smallest absolute Gasteiger partial charge is 0.269 e. The van der Waals surface area contributed by atoms with Crippen molar-refractivity contribution < 1.29 is 41.4 Å². The fraction of sp³-hybridized carbons (Fsp3) is 0.429. The second-order valence-electron chi connectivity index (χ2n) is 5.08. The van der Waals surface area contributed by atoms with E-state index in [1.54, 1.807) is 0 Å². The summed E-state index contributed by atoms with van der Waals surface area (Å²) in [7, 11) is 0. The summed E-state index contributed by atoms with van der Waals surface area (Å²) in [5.74, 6) is -1.40. The first-order valence-corrected chi connectivity index (χ1v) is 6.95. The Labute approximate surface area is 142 Å². The van der Waals surface area contributed by atoms with E-state index in [4.69, 9.17) is 6.48 Å². The van der Waals surface area contributed by atoms with Crippen LogP contribution in [0.1, 0.15) is 6.93 Å². The number of nitro groups is 1. The van der Waals surface area contributed by atoms with E-state index in [-0.39, 0.29) is 5.69 Å². The van der Waals surface area contributed by atoms with Crippen molar-refractivity contribution in [3.63, 3.8) is 0 Å². The number of amides is 1. The molecule has 138 valence electrons. The maximum absolute atomic E-state index is 12.3. The average Bonchev–Trinajstić information content (AvgIpc) is 2.63. The topological polar surface area (TPSA) is 190 Å². The van der Waals surface area contributed by atoms with Gasteiger partial charge in [-0.2, -0.15) is 0 Å². The maximum atomic E-state index is 12.3. The van der Waals surface area contributed by atoms with Gasteiger partial charge in [-0.15, -0.1) is 0 Å². The molecule has 0 aliphatic rings. The van der Waals surface area contributed by atoms with Crippen LogP contribution >= 0.6 is 0 Å². The summed E-state index contributed by atoms with van der Waals surface area (Å²) >= 11 is 0. The van der Waals surface area contributed by atoms with Crippen molar-refractivity contribution in [1.29, 1.82) is 0 Å². The number of nitrogens with one attached hydrogen (secondary N) is 1. The van der Waals surface area contributed by atoms with E-state index in [1.165, 1.54) is 0 Å². The van der Waals surface area contributed by atoms with E-state index in [9.17, 15) is 40.1 Å². The SMILES string of the molecule is [2H]C(=O)CNC(=O)[C@@](O)(c1ccc([N+](=O)[O-])cc1)[C@@H](O)[C@@H](O)[C@H](O)CO. The molecule has 0 fully saturated rings. The molecular formula is C14H18N2O9. The Morgan fingerprint density at radius 1 is 1.36 bits per heavy atom. The zero-order chi connectivity index (χ0) is 20.1. The van der Waals surface area contributed by atoms with Crippen LogP contribution in [0, 0.1) is 10.1 Å². The summed E-state index contributed by atoms with van der Waals surface area (Å²) in [5.41, 5.74) is -3.72. The molecule has 0 heterocycles. The summed E-state index contributed by atoms with van der Waals surface area (Å²) in [6.07, 6.45) is -7.69. The van der Waals surface area contributed by atoms with Crippen molar-refractivity contribution in [2.24, 2.45) is 0 Å². The van der Waals surface area contributed by atoms with Crippen LogP contribution in [-0.2, 0) is 15.2 Å². The fourth-order valence-electron chi connectivity index (χ4n) is 2.09. The minimum Gasteiger partial charge on any atom is -0.394 e. The molecule has 1 aromatic rings. The standard InChI is InChI=1S/C14H18N2O9/c17-6-5-15-13(22)14(23,12(21)11(20)10(19)7-18)8-1-3-9(4-2-8)16(24)25/h1-4,6,10-12,18-21,23H,5,7H2,(H,15,22)/t10-,11+,12+,14-/m1/s1/i6D. The van der Waals surface area contributed by atoms with Gasteiger partial charge in [0.2, 0.25) is 0 Å². The van der Waals surface area contributed by atoms with Crippen molar-refractivity contribution in [3.05, 3.63) is 39.9 Å². The van der Waals surface area contributed by atoms with Gasteiger partial charge in [0.25, 0.3) is 11.6 Å². The normalized spacial score (nSPS) is 17.6. The van der Waals surface area contributed by atoms with Gasteiger partial charge in [0.1, 0.15) is 25.9 Å². The Morgan fingerprint density at radius 2 is 1.92 bits per heavy atom. The number of carbonyl (C=O) groups excluding carboxylic acids is 2. The van der Waals surface area contributed by atoms with Crippen molar-refractivity contribution in [3.8, 4) is 0 Å². The van der Waals surface area contributed by atoms with Gasteiger partial charge in [-0.25, -0.2) is 0 Å². The fourth-order valence-corrected chi connectivity index (χ4v) is 2.09. The molecule has 1 aromatic carbocycles. The van der Waals surface area contributed by atoms with Crippen LogP contribution in [0.25, 0.3) is 0 Å². The Balaban J connectivity index is 3.33. The highest BCUT2D eigenvalue weighted by Gasteiger charge is 2.49. The van der Waals surface area contributed by atoms with E-state index in [0.29, 0.717) is 0 Å². The first-order chi connectivity index (χ1) is 12.0. The van der Waals surface area contributed by atoms with Crippen molar-refractivity contribution in [2.75, 3.05) is 13.2 Å². The molecule has 25 heavy (non-hydrogen) atoms. The number of rotatable bonds is 9. The van der Waals surface area contributed by atoms with Crippen molar-refractivity contribution in [2.45, 2.75) is 23.9 Å². The third-order valence-electron chi connectivity index (χ3n) is 3.52. The number of aldehydes is 1. The molecule has 0 aliphatic heterocycles. The molecule has 0 aromatic heterocycles. The molecule has 1 rings (SSSR count). The molecule has 4 atom stereocenters. The van der Waals surface area contributed by atoms with Crippen LogP contribution in [-0.4, -0.2) is 74.1 Å². The maximum Gasteiger partial charge on any atom is 0.269 e. The van der Waals surface area contributed by atoms with Crippen LogP contribution in [0.4, 0.5) is 5.69 Å². The molecule has 0 spiro atoms. The summed E-state index contributed by atoms with van der Waals surface area (Å²) < 4.78 is 6.75. The number of benzene rings is 1. The molecule has 11 nitrogen and oxygen atoms in total. The summed E-state index contributed by atoms with van der Waals surface area (Å²) in [5, 5.41) is 61.6. The number of carbonyl (C=O) groups is 2. The van der Waals surface area contributed by atoms with Crippen LogP contribution in [0.3, 0.4) is 0 Å². The van der Waals surface area contributed by atoms with Gasteiger partial charge in [0.15, 0.2) is 5.60 Å². The lowest BCUT2D eigenvalue weighted by atomic mass is 9.83. The van der Waals surface area contributed by atoms with Gasteiger partial charge in [0, 0.05) is 12.1 Å². The summed E-state index contributed by atoms with van der Waals surface area (Å²) in [6.45, 7) is -1.82. The van der Waals surface area contributed by atoms with E-state index in [0.717, 1.165) is 24.3 Å². The van der Waals surface area contributed by atoms with Crippen molar-refractivity contribution in [1.82, 2.24) is 5.32 Å². The van der Waals surface area contributed by atoms with Crippen molar-refractivity contribution >= 4 is 17.9 Å². The molecule has 0 saturated heterocycles. The lowest BCUT2D eigenvalue weighted by Crippen LogP contribution is -2.59. The largest absolute Gasteiger partial charge is 0.394 e.